The molecule has 1 aliphatic rings. The first kappa shape index (κ1) is 13.2. The van der Waals surface area contributed by atoms with Gasteiger partial charge in [-0.25, -0.2) is 5.06 Å². The molecule has 1 atom stereocenters. The molecule has 2 heterocycles. The van der Waals surface area contributed by atoms with Gasteiger partial charge in [-0.15, -0.1) is 0 Å². The number of nitrogens with zero attached hydrogens (tertiary/aromatic N) is 1. The van der Waals surface area contributed by atoms with Gasteiger partial charge in [0, 0.05) is 5.56 Å². The fourth-order valence-corrected chi connectivity index (χ4v) is 2.22. The van der Waals surface area contributed by atoms with Crippen molar-refractivity contribution in [3.05, 3.63) is 47.2 Å². The van der Waals surface area contributed by atoms with Crippen LogP contribution in [0.2, 0.25) is 5.02 Å². The normalized spacial score (nSPS) is 18.5. The van der Waals surface area contributed by atoms with Crippen LogP contribution in [0.15, 0.2) is 40.8 Å². The second-order valence-corrected chi connectivity index (χ2v) is 4.87. The van der Waals surface area contributed by atoms with E-state index in [1.54, 1.807) is 18.2 Å². The van der Waals surface area contributed by atoms with Crippen LogP contribution in [0, 0.1) is 0 Å². The lowest BCUT2D eigenvalue weighted by Crippen LogP contribution is -2.28. The number of hydrogen-bond donors (Lipinski definition) is 1. The number of rotatable bonds is 2. The Morgan fingerprint density at radius 2 is 2.10 bits per heavy atom. The van der Waals surface area contributed by atoms with E-state index in [2.05, 4.69) is 0 Å². The molecule has 0 unspecified atom stereocenters. The minimum absolute atomic E-state index is 0.115. The molecule has 1 amide bonds. The van der Waals surface area contributed by atoms with Crippen molar-refractivity contribution in [1.82, 2.24) is 5.06 Å². The van der Waals surface area contributed by atoms with E-state index in [9.17, 15) is 9.90 Å². The Bertz CT molecular complexity index is 640. The summed E-state index contributed by atoms with van der Waals surface area (Å²) in [6.07, 6.45) is -0.656. The fourth-order valence-electron chi connectivity index (χ4n) is 2.00. The van der Waals surface area contributed by atoms with Gasteiger partial charge in [0.05, 0.1) is 11.6 Å². The number of amides is 1. The lowest BCUT2D eigenvalue weighted by molar-refractivity contribution is -0.0795. The van der Waals surface area contributed by atoms with Gasteiger partial charge in [-0.1, -0.05) is 23.7 Å². The van der Waals surface area contributed by atoms with Crippen molar-refractivity contribution in [3.8, 4) is 11.3 Å². The molecule has 0 saturated carbocycles. The molecule has 0 radical (unpaired) electrons. The third-order valence-electron chi connectivity index (χ3n) is 2.98. The summed E-state index contributed by atoms with van der Waals surface area (Å²) < 4.78 is 5.52. The molecule has 0 bridgehead atoms. The van der Waals surface area contributed by atoms with Gasteiger partial charge < -0.3 is 9.52 Å². The maximum Gasteiger partial charge on any atom is 0.313 e. The smallest absolute Gasteiger partial charge is 0.313 e. The van der Waals surface area contributed by atoms with Crippen molar-refractivity contribution in [2.24, 2.45) is 0 Å². The highest BCUT2D eigenvalue weighted by atomic mass is 35.5. The minimum atomic E-state index is -0.656. The van der Waals surface area contributed by atoms with Gasteiger partial charge in [-0.3, -0.25) is 9.63 Å². The van der Waals surface area contributed by atoms with Gasteiger partial charge in [-0.05, 0) is 24.3 Å². The highest BCUT2D eigenvalue weighted by molar-refractivity contribution is 6.33. The van der Waals surface area contributed by atoms with Crippen LogP contribution in [0.1, 0.15) is 10.6 Å². The average molecular weight is 294 g/mol. The Kier molecular flexibility index (Phi) is 3.48. The van der Waals surface area contributed by atoms with E-state index in [0.29, 0.717) is 10.8 Å². The van der Waals surface area contributed by atoms with Crippen molar-refractivity contribution in [3.63, 3.8) is 0 Å². The molecule has 1 aromatic heterocycles. The summed E-state index contributed by atoms with van der Waals surface area (Å²) in [5.74, 6) is 0.243. The zero-order valence-corrected chi connectivity index (χ0v) is 11.2. The van der Waals surface area contributed by atoms with E-state index in [-0.39, 0.29) is 18.9 Å². The average Bonchev–Trinajstić information content (AvgIpc) is 3.07. The second kappa shape index (κ2) is 5.28. The van der Waals surface area contributed by atoms with Crippen LogP contribution in [0.25, 0.3) is 11.3 Å². The molecule has 20 heavy (non-hydrogen) atoms. The number of carbonyl (C=O) groups excluding carboxylic acids is 1. The summed E-state index contributed by atoms with van der Waals surface area (Å²) in [6.45, 7) is 0.255. The number of halogens is 1. The van der Waals surface area contributed by atoms with Crippen LogP contribution in [0.5, 0.6) is 0 Å². The third-order valence-corrected chi connectivity index (χ3v) is 3.31. The van der Waals surface area contributed by atoms with Gasteiger partial charge in [-0.2, -0.15) is 0 Å². The van der Waals surface area contributed by atoms with Crippen molar-refractivity contribution in [2.45, 2.75) is 6.10 Å². The molecule has 3 rings (SSSR count). The predicted molar refractivity (Wildman–Crippen MR) is 72.1 cm³/mol. The van der Waals surface area contributed by atoms with E-state index >= 15 is 0 Å². The predicted octanol–water partition coefficient (Wildman–Crippen LogP) is 2.35. The van der Waals surface area contributed by atoms with Gasteiger partial charge in [0.1, 0.15) is 18.5 Å². The first-order valence-electron chi connectivity index (χ1n) is 6.13. The zero-order valence-electron chi connectivity index (χ0n) is 10.5. The maximum atomic E-state index is 12.1. The molecular formula is C14H12ClNO4. The molecule has 1 N–H and O–H groups in total. The van der Waals surface area contributed by atoms with Crippen LogP contribution in [0.3, 0.4) is 0 Å². The van der Waals surface area contributed by atoms with Crippen LogP contribution < -0.4 is 0 Å². The summed E-state index contributed by atoms with van der Waals surface area (Å²) in [6, 6.07) is 10.5. The van der Waals surface area contributed by atoms with Gasteiger partial charge in [0.15, 0.2) is 5.76 Å². The first-order chi connectivity index (χ1) is 9.65. The molecule has 0 spiro atoms. The zero-order chi connectivity index (χ0) is 14.1. The van der Waals surface area contributed by atoms with Crippen LogP contribution in [-0.4, -0.2) is 35.3 Å². The summed E-state index contributed by atoms with van der Waals surface area (Å²) in [7, 11) is 0. The Morgan fingerprint density at radius 1 is 1.30 bits per heavy atom. The molecule has 104 valence electrons. The monoisotopic (exact) mass is 293 g/mol. The molecule has 1 aliphatic heterocycles. The molecule has 2 aromatic rings. The summed E-state index contributed by atoms with van der Waals surface area (Å²) in [4.78, 5) is 17.2. The van der Waals surface area contributed by atoms with Crippen molar-refractivity contribution < 1.29 is 19.2 Å². The third kappa shape index (κ3) is 2.43. The number of furan rings is 1. The number of carbonyl (C=O) groups is 1. The molecule has 6 heteroatoms. The second-order valence-electron chi connectivity index (χ2n) is 4.46. The number of aliphatic hydroxyl groups excluding tert-OH is 1. The summed E-state index contributed by atoms with van der Waals surface area (Å²) >= 11 is 6.08. The van der Waals surface area contributed by atoms with Gasteiger partial charge >= 0.3 is 5.91 Å². The number of hydrogen-bond acceptors (Lipinski definition) is 4. The molecule has 0 aliphatic carbocycles. The molecule has 5 nitrogen and oxygen atoms in total. The van der Waals surface area contributed by atoms with Crippen molar-refractivity contribution in [2.75, 3.05) is 13.2 Å². The van der Waals surface area contributed by atoms with Gasteiger partial charge in [0.2, 0.25) is 0 Å². The molecular weight excluding hydrogens is 282 g/mol. The molecule has 1 fully saturated rings. The number of β-amino-alcohol motifs (C(OH)–C–C–N with tert-alkyl or cyclic N) is 1. The summed E-state index contributed by atoms with van der Waals surface area (Å²) in [5, 5.41) is 11.0. The minimum Gasteiger partial charge on any atom is -0.451 e. The number of hydroxylamine groups is 2. The van der Waals surface area contributed by atoms with Crippen LogP contribution >= 0.6 is 11.6 Å². The standard InChI is InChI=1S/C14H12ClNO4/c15-11-4-2-1-3-10(11)12-5-6-13(20-12)14(18)16-7-9(17)8-19-16/h1-6,9,17H,7-8H2/t9-/m0/s1. The first-order valence-corrected chi connectivity index (χ1v) is 6.50. The summed E-state index contributed by atoms with van der Waals surface area (Å²) in [5.41, 5.74) is 0.718. The van der Waals surface area contributed by atoms with E-state index in [4.69, 9.17) is 20.9 Å². The lowest BCUT2D eigenvalue weighted by Gasteiger charge is -2.11. The Morgan fingerprint density at radius 3 is 2.80 bits per heavy atom. The fraction of sp³-hybridized carbons (Fsp3) is 0.214. The topological polar surface area (TPSA) is 62.9 Å². The number of benzene rings is 1. The van der Waals surface area contributed by atoms with E-state index in [1.165, 1.54) is 0 Å². The Balaban J connectivity index is 1.84. The highest BCUT2D eigenvalue weighted by Crippen LogP contribution is 2.29. The van der Waals surface area contributed by atoms with Gasteiger partial charge in [0.25, 0.3) is 0 Å². The quantitative estimate of drug-likeness (QED) is 0.923. The Labute approximate surface area is 120 Å². The van der Waals surface area contributed by atoms with Crippen molar-refractivity contribution in [1.29, 1.82) is 0 Å². The lowest BCUT2D eigenvalue weighted by atomic mass is 10.2. The van der Waals surface area contributed by atoms with E-state index < -0.39 is 12.0 Å². The van der Waals surface area contributed by atoms with Crippen LogP contribution in [0.4, 0.5) is 0 Å². The molecule has 1 aromatic carbocycles. The highest BCUT2D eigenvalue weighted by Gasteiger charge is 2.29. The van der Waals surface area contributed by atoms with Crippen LogP contribution in [-0.2, 0) is 4.84 Å². The van der Waals surface area contributed by atoms with E-state index in [1.807, 2.05) is 18.2 Å². The maximum absolute atomic E-state index is 12.1. The Hall–Kier alpha value is -1.82. The largest absolute Gasteiger partial charge is 0.451 e. The SMILES string of the molecule is O=C(c1ccc(-c2ccccc2Cl)o1)N1C[C@H](O)CO1. The van der Waals surface area contributed by atoms with E-state index in [0.717, 1.165) is 10.6 Å². The molecule has 1 saturated heterocycles. The number of aliphatic hydroxyl groups is 1. The van der Waals surface area contributed by atoms with Crippen molar-refractivity contribution >= 4 is 17.5 Å².